The van der Waals surface area contributed by atoms with E-state index < -0.39 is 11.6 Å². The summed E-state index contributed by atoms with van der Waals surface area (Å²) in [6, 6.07) is 6.12. The largest absolute Gasteiger partial charge is 0.377 e. The normalized spacial score (nSPS) is 10.4. The zero-order chi connectivity index (χ0) is 13.1. The van der Waals surface area contributed by atoms with Crippen LogP contribution in [0, 0.1) is 25.5 Å². The van der Waals surface area contributed by atoms with Crippen LogP contribution >= 0.6 is 0 Å². The molecule has 18 heavy (non-hydrogen) atoms. The lowest BCUT2D eigenvalue weighted by Gasteiger charge is -2.08. The molecule has 0 spiro atoms. The Morgan fingerprint density at radius 2 is 1.89 bits per heavy atom. The molecule has 0 atom stereocenters. The average molecular weight is 248 g/mol. The number of halogens is 2. The monoisotopic (exact) mass is 248 g/mol. The van der Waals surface area contributed by atoms with Crippen LogP contribution < -0.4 is 5.32 Å². The topological polar surface area (TPSA) is 24.9 Å². The Morgan fingerprint density at radius 1 is 1.11 bits per heavy atom. The molecule has 2 nitrogen and oxygen atoms in total. The lowest BCUT2D eigenvalue weighted by Crippen LogP contribution is -2.04. The minimum absolute atomic E-state index is 0.153. The number of hydrogen-bond acceptors (Lipinski definition) is 2. The van der Waals surface area contributed by atoms with E-state index >= 15 is 0 Å². The molecule has 1 aromatic heterocycles. The number of aromatic nitrogens is 1. The Morgan fingerprint density at radius 3 is 2.56 bits per heavy atom. The van der Waals surface area contributed by atoms with Gasteiger partial charge in [0.15, 0.2) is 0 Å². The van der Waals surface area contributed by atoms with E-state index in [0.29, 0.717) is 12.1 Å². The van der Waals surface area contributed by atoms with E-state index in [9.17, 15) is 8.78 Å². The molecule has 2 rings (SSSR count). The van der Waals surface area contributed by atoms with Gasteiger partial charge in [0.05, 0.1) is 17.9 Å². The minimum Gasteiger partial charge on any atom is -0.377 e. The van der Waals surface area contributed by atoms with Crippen LogP contribution in [0.15, 0.2) is 30.5 Å². The highest BCUT2D eigenvalue weighted by molar-refractivity contribution is 5.47. The third kappa shape index (κ3) is 2.83. The summed E-state index contributed by atoms with van der Waals surface area (Å²) in [5, 5.41) is 2.84. The standard InChI is InChI=1S/C14H14F2N2/c1-9-3-4-11(17-7-9)8-18-14-6-12(15)10(2)5-13(14)16/h3-7,18H,8H2,1-2H3. The van der Waals surface area contributed by atoms with Gasteiger partial charge in [0.2, 0.25) is 0 Å². The molecule has 0 radical (unpaired) electrons. The first-order valence-corrected chi connectivity index (χ1v) is 5.67. The summed E-state index contributed by atoms with van der Waals surface area (Å²) in [5.74, 6) is -0.878. The highest BCUT2D eigenvalue weighted by Crippen LogP contribution is 2.19. The van der Waals surface area contributed by atoms with Gasteiger partial charge in [-0.2, -0.15) is 0 Å². The van der Waals surface area contributed by atoms with E-state index in [1.165, 1.54) is 19.1 Å². The van der Waals surface area contributed by atoms with Gasteiger partial charge in [-0.15, -0.1) is 0 Å². The van der Waals surface area contributed by atoms with Crippen LogP contribution in [0.3, 0.4) is 0 Å². The minimum atomic E-state index is -0.457. The summed E-state index contributed by atoms with van der Waals surface area (Å²) in [5.41, 5.74) is 2.29. The summed E-state index contributed by atoms with van der Waals surface area (Å²) >= 11 is 0. The molecule has 1 aromatic carbocycles. The van der Waals surface area contributed by atoms with Crippen molar-refractivity contribution < 1.29 is 8.78 Å². The van der Waals surface area contributed by atoms with E-state index in [4.69, 9.17) is 0 Å². The van der Waals surface area contributed by atoms with Gasteiger partial charge in [0.1, 0.15) is 11.6 Å². The summed E-state index contributed by atoms with van der Waals surface area (Å²) in [7, 11) is 0. The van der Waals surface area contributed by atoms with Gasteiger partial charge in [-0.1, -0.05) is 6.07 Å². The molecule has 2 aromatic rings. The van der Waals surface area contributed by atoms with Crippen molar-refractivity contribution in [3.8, 4) is 0 Å². The maximum Gasteiger partial charge on any atom is 0.146 e. The highest BCUT2D eigenvalue weighted by Gasteiger charge is 2.07. The predicted molar refractivity (Wildman–Crippen MR) is 67.4 cm³/mol. The molecule has 1 N–H and O–H groups in total. The van der Waals surface area contributed by atoms with Crippen LogP contribution in [0.25, 0.3) is 0 Å². The lowest BCUT2D eigenvalue weighted by atomic mass is 10.2. The van der Waals surface area contributed by atoms with Crippen molar-refractivity contribution in [2.45, 2.75) is 20.4 Å². The number of aryl methyl sites for hydroxylation is 2. The number of pyridine rings is 1. The number of benzene rings is 1. The smallest absolute Gasteiger partial charge is 0.146 e. The van der Waals surface area contributed by atoms with Gasteiger partial charge in [-0.05, 0) is 37.1 Å². The van der Waals surface area contributed by atoms with Gasteiger partial charge >= 0.3 is 0 Å². The van der Waals surface area contributed by atoms with E-state index in [1.54, 1.807) is 6.20 Å². The number of nitrogens with zero attached hydrogens (tertiary/aromatic N) is 1. The van der Waals surface area contributed by atoms with Gasteiger partial charge in [0, 0.05) is 12.3 Å². The van der Waals surface area contributed by atoms with Crippen molar-refractivity contribution in [1.82, 2.24) is 4.98 Å². The predicted octanol–water partition coefficient (Wildman–Crippen LogP) is 3.59. The quantitative estimate of drug-likeness (QED) is 0.897. The van der Waals surface area contributed by atoms with Crippen LogP contribution in [-0.4, -0.2) is 4.98 Å². The summed E-state index contributed by atoms with van der Waals surface area (Å²) < 4.78 is 26.9. The highest BCUT2D eigenvalue weighted by atomic mass is 19.1. The number of nitrogens with one attached hydrogen (secondary N) is 1. The maximum absolute atomic E-state index is 13.5. The average Bonchev–Trinajstić information content (AvgIpc) is 2.34. The number of anilines is 1. The molecular formula is C14H14F2N2. The molecule has 0 aliphatic heterocycles. The van der Waals surface area contributed by atoms with Crippen molar-refractivity contribution in [2.75, 3.05) is 5.32 Å². The molecule has 1 heterocycles. The zero-order valence-electron chi connectivity index (χ0n) is 10.3. The first-order valence-electron chi connectivity index (χ1n) is 5.67. The van der Waals surface area contributed by atoms with Crippen LogP contribution in [0.2, 0.25) is 0 Å². The Labute approximate surface area is 105 Å². The Balaban J connectivity index is 2.10. The number of hydrogen-bond donors (Lipinski definition) is 1. The molecule has 0 aliphatic rings. The molecule has 0 saturated carbocycles. The zero-order valence-corrected chi connectivity index (χ0v) is 10.3. The van der Waals surface area contributed by atoms with E-state index in [2.05, 4.69) is 10.3 Å². The molecule has 0 fully saturated rings. The second-order valence-electron chi connectivity index (χ2n) is 4.26. The van der Waals surface area contributed by atoms with Crippen LogP contribution in [0.5, 0.6) is 0 Å². The molecule has 0 amide bonds. The molecule has 0 aliphatic carbocycles. The van der Waals surface area contributed by atoms with Crippen LogP contribution in [0.4, 0.5) is 14.5 Å². The molecular weight excluding hydrogens is 234 g/mol. The van der Waals surface area contributed by atoms with Crippen molar-refractivity contribution >= 4 is 5.69 Å². The Kier molecular flexibility index (Phi) is 3.55. The Bertz CT molecular complexity index is 550. The molecule has 4 heteroatoms. The molecule has 0 bridgehead atoms. The second-order valence-corrected chi connectivity index (χ2v) is 4.26. The fourth-order valence-electron chi connectivity index (χ4n) is 1.57. The fourth-order valence-corrected chi connectivity index (χ4v) is 1.57. The lowest BCUT2D eigenvalue weighted by molar-refractivity contribution is 0.594. The van der Waals surface area contributed by atoms with Gasteiger partial charge in [-0.3, -0.25) is 4.98 Å². The summed E-state index contributed by atoms with van der Waals surface area (Å²) in [6.45, 7) is 3.84. The van der Waals surface area contributed by atoms with Gasteiger partial charge < -0.3 is 5.32 Å². The third-order valence-corrected chi connectivity index (χ3v) is 2.68. The van der Waals surface area contributed by atoms with Crippen LogP contribution in [-0.2, 0) is 6.54 Å². The van der Waals surface area contributed by atoms with Gasteiger partial charge in [-0.25, -0.2) is 8.78 Å². The van der Waals surface area contributed by atoms with E-state index in [-0.39, 0.29) is 5.69 Å². The summed E-state index contributed by atoms with van der Waals surface area (Å²) in [6.07, 6.45) is 1.74. The van der Waals surface area contributed by atoms with E-state index in [1.807, 2.05) is 19.1 Å². The fraction of sp³-hybridized carbons (Fsp3) is 0.214. The summed E-state index contributed by atoms with van der Waals surface area (Å²) in [4.78, 5) is 4.18. The van der Waals surface area contributed by atoms with Crippen LogP contribution in [0.1, 0.15) is 16.8 Å². The first kappa shape index (κ1) is 12.5. The maximum atomic E-state index is 13.5. The number of rotatable bonds is 3. The van der Waals surface area contributed by atoms with Crippen molar-refractivity contribution in [3.05, 3.63) is 58.9 Å². The third-order valence-electron chi connectivity index (χ3n) is 2.68. The molecule has 0 saturated heterocycles. The van der Waals surface area contributed by atoms with Gasteiger partial charge in [0.25, 0.3) is 0 Å². The molecule has 94 valence electrons. The first-order chi connectivity index (χ1) is 8.56. The Hall–Kier alpha value is -1.97. The van der Waals surface area contributed by atoms with Crippen molar-refractivity contribution in [1.29, 1.82) is 0 Å². The second kappa shape index (κ2) is 5.12. The van der Waals surface area contributed by atoms with E-state index in [0.717, 1.165) is 11.3 Å². The SMILES string of the molecule is Cc1ccc(CNc2cc(F)c(C)cc2F)nc1. The molecule has 0 unspecified atom stereocenters. The van der Waals surface area contributed by atoms with Crippen molar-refractivity contribution in [3.63, 3.8) is 0 Å². The van der Waals surface area contributed by atoms with Crippen molar-refractivity contribution in [2.24, 2.45) is 0 Å².